The van der Waals surface area contributed by atoms with Crippen molar-refractivity contribution in [3.8, 4) is 11.1 Å². The maximum atomic E-state index is 13.8. The minimum atomic E-state index is -3.25. The van der Waals surface area contributed by atoms with Crippen LogP contribution in [0.15, 0.2) is 42.6 Å². The molecule has 0 bridgehead atoms. The molecule has 1 fully saturated rings. The monoisotopic (exact) mass is 484 g/mol. The molecule has 2 heterocycles. The fraction of sp³-hybridized carbons (Fsp3) is 0.478. The molecule has 1 saturated heterocycles. The number of carbonyl (C=O) groups excluding carboxylic acids is 1. The van der Waals surface area contributed by atoms with Gasteiger partial charge >= 0.3 is 6.43 Å². The third-order valence-corrected chi connectivity index (χ3v) is 6.78. The molecule has 2 aromatic rings. The lowest BCUT2D eigenvalue weighted by molar-refractivity contribution is -0.159. The summed E-state index contributed by atoms with van der Waals surface area (Å²) in [4.78, 5) is 17.2. The van der Waals surface area contributed by atoms with Crippen LogP contribution < -0.4 is 0 Å². The summed E-state index contributed by atoms with van der Waals surface area (Å²) in [7, 11) is -3.12. The Morgan fingerprint density at radius 3 is 2.24 bits per heavy atom. The molecule has 0 aliphatic carbocycles. The van der Waals surface area contributed by atoms with Crippen molar-refractivity contribution in [3.63, 3.8) is 0 Å². The summed E-state index contributed by atoms with van der Waals surface area (Å²) in [6, 6.07) is 9.40. The fourth-order valence-electron chi connectivity index (χ4n) is 4.23. The second-order valence-corrected chi connectivity index (χ2v) is 11.0. The lowest BCUT2D eigenvalue weighted by Crippen LogP contribution is -2.51. The average molecular weight is 485 g/mol. The lowest BCUT2D eigenvalue weighted by atomic mass is 9.98. The van der Waals surface area contributed by atoms with Gasteiger partial charge in [-0.15, -0.1) is 0 Å². The number of ether oxygens (including phenoxy) is 1. The van der Waals surface area contributed by atoms with Gasteiger partial charge < -0.3 is 9.64 Å². The Hall–Kier alpha value is -2.46. The molecular weight excluding hydrogens is 457 g/mol. The predicted molar refractivity (Wildman–Crippen MR) is 118 cm³/mol. The van der Waals surface area contributed by atoms with Gasteiger partial charge in [-0.3, -0.25) is 9.78 Å². The van der Waals surface area contributed by atoms with Crippen LogP contribution in [0, 0.1) is 0 Å². The summed E-state index contributed by atoms with van der Waals surface area (Å²) in [6.45, 7) is 3.69. The first-order chi connectivity index (χ1) is 15.3. The SMILES string of the molecule is CC(CS(C)(=O)=O)c1ccc(-c2ccc([C@H]3OC(C)(C)N(C(=O)C(F)F)[C@@H]3CF)cc2)cn1. The zero-order valence-corrected chi connectivity index (χ0v) is 19.7. The number of pyridine rings is 1. The third kappa shape index (κ3) is 5.55. The number of benzene rings is 1. The molecule has 0 N–H and O–H groups in total. The maximum Gasteiger partial charge on any atom is 0.315 e. The number of amides is 1. The van der Waals surface area contributed by atoms with Crippen molar-refractivity contribution in [1.29, 1.82) is 0 Å². The number of carbonyl (C=O) groups is 1. The zero-order chi connectivity index (χ0) is 24.6. The molecule has 1 aromatic heterocycles. The van der Waals surface area contributed by atoms with Gasteiger partial charge in [0, 0.05) is 29.6 Å². The minimum absolute atomic E-state index is 0.00655. The Labute approximate surface area is 191 Å². The average Bonchev–Trinajstić information content (AvgIpc) is 3.02. The van der Waals surface area contributed by atoms with Gasteiger partial charge in [0.2, 0.25) is 0 Å². The van der Waals surface area contributed by atoms with E-state index in [9.17, 15) is 26.4 Å². The van der Waals surface area contributed by atoms with Crippen LogP contribution in [0.2, 0.25) is 0 Å². The summed E-state index contributed by atoms with van der Waals surface area (Å²) in [5, 5.41) is 0. The van der Waals surface area contributed by atoms with Gasteiger partial charge in [0.25, 0.3) is 5.91 Å². The van der Waals surface area contributed by atoms with E-state index in [-0.39, 0.29) is 11.7 Å². The summed E-state index contributed by atoms with van der Waals surface area (Å²) in [5.74, 6) is -1.69. The molecule has 10 heteroatoms. The number of hydrogen-bond acceptors (Lipinski definition) is 5. The molecule has 3 atom stereocenters. The van der Waals surface area contributed by atoms with E-state index in [0.29, 0.717) is 11.3 Å². The molecule has 1 aromatic carbocycles. The van der Waals surface area contributed by atoms with Gasteiger partial charge in [-0.25, -0.2) is 12.8 Å². The summed E-state index contributed by atoms with van der Waals surface area (Å²) < 4.78 is 68.8. The Balaban J connectivity index is 1.81. The zero-order valence-electron chi connectivity index (χ0n) is 18.8. The number of hydrogen-bond donors (Lipinski definition) is 0. The smallest absolute Gasteiger partial charge is 0.315 e. The Bertz CT molecular complexity index is 1090. The molecule has 180 valence electrons. The van der Waals surface area contributed by atoms with Gasteiger partial charge in [0.05, 0.1) is 11.8 Å². The van der Waals surface area contributed by atoms with E-state index in [1.807, 2.05) is 6.07 Å². The van der Waals surface area contributed by atoms with E-state index in [4.69, 9.17) is 4.74 Å². The van der Waals surface area contributed by atoms with Crippen LogP contribution in [0.4, 0.5) is 13.2 Å². The molecule has 1 aliphatic heterocycles. The van der Waals surface area contributed by atoms with Gasteiger partial charge in [0.1, 0.15) is 28.3 Å². The summed E-state index contributed by atoms with van der Waals surface area (Å²) >= 11 is 0. The first-order valence-electron chi connectivity index (χ1n) is 10.4. The fourth-order valence-corrected chi connectivity index (χ4v) is 5.31. The van der Waals surface area contributed by atoms with Crippen LogP contribution in [-0.4, -0.2) is 61.1 Å². The Kier molecular flexibility index (Phi) is 7.18. The molecular formula is C23H27F3N2O4S. The molecule has 6 nitrogen and oxygen atoms in total. The summed E-state index contributed by atoms with van der Waals surface area (Å²) in [6.07, 6.45) is -1.31. The largest absolute Gasteiger partial charge is 0.346 e. The highest BCUT2D eigenvalue weighted by Crippen LogP contribution is 2.42. The number of alkyl halides is 3. The van der Waals surface area contributed by atoms with Crippen molar-refractivity contribution in [2.45, 2.75) is 51.0 Å². The highest BCUT2D eigenvalue weighted by Gasteiger charge is 2.52. The quantitative estimate of drug-likeness (QED) is 0.591. The van der Waals surface area contributed by atoms with Gasteiger partial charge in [0.15, 0.2) is 0 Å². The van der Waals surface area contributed by atoms with Crippen LogP contribution in [0.3, 0.4) is 0 Å². The summed E-state index contributed by atoms with van der Waals surface area (Å²) in [5.41, 5.74) is 1.45. The first kappa shape index (κ1) is 25.2. The Morgan fingerprint density at radius 2 is 1.76 bits per heavy atom. The van der Waals surface area contributed by atoms with E-state index in [1.165, 1.54) is 20.1 Å². The third-order valence-electron chi connectivity index (χ3n) is 5.68. The number of halogens is 3. The first-order valence-corrected chi connectivity index (χ1v) is 12.5. The van der Waals surface area contributed by atoms with Crippen LogP contribution in [-0.2, 0) is 19.4 Å². The molecule has 0 spiro atoms. The Morgan fingerprint density at radius 1 is 1.15 bits per heavy atom. The molecule has 3 rings (SSSR count). The number of aromatic nitrogens is 1. The van der Waals surface area contributed by atoms with Crippen LogP contribution in [0.5, 0.6) is 0 Å². The van der Waals surface area contributed by atoms with Crippen molar-refractivity contribution in [2.75, 3.05) is 18.7 Å². The van der Waals surface area contributed by atoms with Gasteiger partial charge in [-0.05, 0) is 31.0 Å². The van der Waals surface area contributed by atoms with Crippen molar-refractivity contribution in [3.05, 3.63) is 53.9 Å². The number of nitrogens with zero attached hydrogens (tertiary/aromatic N) is 2. The van der Waals surface area contributed by atoms with Gasteiger partial charge in [-0.2, -0.15) is 8.78 Å². The second kappa shape index (κ2) is 9.42. The normalized spacial score (nSPS) is 21.4. The van der Waals surface area contributed by atoms with Gasteiger partial charge in [-0.1, -0.05) is 37.3 Å². The minimum Gasteiger partial charge on any atom is -0.346 e. The molecule has 0 saturated carbocycles. The highest BCUT2D eigenvalue weighted by molar-refractivity contribution is 7.90. The highest BCUT2D eigenvalue weighted by atomic mass is 32.2. The van der Waals surface area contributed by atoms with Crippen molar-refractivity contribution in [2.24, 2.45) is 0 Å². The van der Waals surface area contributed by atoms with E-state index in [1.54, 1.807) is 43.5 Å². The van der Waals surface area contributed by atoms with Crippen molar-refractivity contribution < 1.29 is 31.1 Å². The number of sulfone groups is 1. The van der Waals surface area contributed by atoms with Crippen LogP contribution >= 0.6 is 0 Å². The number of rotatable bonds is 7. The standard InChI is InChI=1S/C23H27F3N2O4S/c1-14(13-33(4,30)31)18-10-9-17(12-27-18)15-5-7-16(8-6-15)20-19(11-24)28(22(29)21(25)26)23(2,3)32-20/h5-10,12,14,19-21H,11,13H2,1-4H3/t14?,19-,20-/m1/s1. The lowest BCUT2D eigenvalue weighted by Gasteiger charge is -2.32. The molecule has 33 heavy (non-hydrogen) atoms. The molecule has 0 radical (unpaired) electrons. The van der Waals surface area contributed by atoms with E-state index in [0.717, 1.165) is 16.0 Å². The van der Waals surface area contributed by atoms with Crippen LogP contribution in [0.1, 0.15) is 44.1 Å². The van der Waals surface area contributed by atoms with Crippen LogP contribution in [0.25, 0.3) is 11.1 Å². The van der Waals surface area contributed by atoms with Crippen molar-refractivity contribution >= 4 is 15.7 Å². The topological polar surface area (TPSA) is 76.6 Å². The molecule has 1 unspecified atom stereocenters. The maximum absolute atomic E-state index is 13.8. The van der Waals surface area contributed by atoms with E-state index < -0.39 is 46.7 Å². The molecule has 1 amide bonds. The second-order valence-electron chi connectivity index (χ2n) is 8.80. The predicted octanol–water partition coefficient (Wildman–Crippen LogP) is 4.14. The van der Waals surface area contributed by atoms with E-state index in [2.05, 4.69) is 4.98 Å². The van der Waals surface area contributed by atoms with E-state index >= 15 is 0 Å². The molecule has 1 aliphatic rings. The van der Waals surface area contributed by atoms with Crippen molar-refractivity contribution in [1.82, 2.24) is 9.88 Å².